The largest absolute Gasteiger partial charge is 0.374 e. The predicted molar refractivity (Wildman–Crippen MR) is 90.9 cm³/mol. The number of hydrogen-bond donors (Lipinski definition) is 0. The third-order valence-corrected chi connectivity index (χ3v) is 5.81. The van der Waals surface area contributed by atoms with Crippen LogP contribution in [0, 0.1) is 0 Å². The standard InChI is InChI=1S/C18H22N2O2S/c21-18(20-10-11-22-17-8-2-1-6-15(17)20)16-7-3-9-19(16)13-14-5-4-12-23-14/h3-5,7,9,12,15,17H,1-2,6,8,10-11,13H2. The molecule has 1 aliphatic heterocycles. The van der Waals surface area contributed by atoms with Gasteiger partial charge < -0.3 is 14.2 Å². The lowest BCUT2D eigenvalue weighted by atomic mass is 9.90. The molecule has 5 heteroatoms. The minimum Gasteiger partial charge on any atom is -0.374 e. The number of fused-ring (bicyclic) bond motifs is 1. The Labute approximate surface area is 140 Å². The van der Waals surface area contributed by atoms with Gasteiger partial charge in [-0.3, -0.25) is 4.79 Å². The Morgan fingerprint density at radius 3 is 3.04 bits per heavy atom. The fraction of sp³-hybridized carbons (Fsp3) is 0.500. The van der Waals surface area contributed by atoms with Crippen molar-refractivity contribution in [2.24, 2.45) is 0 Å². The molecule has 1 saturated carbocycles. The number of thiophene rings is 1. The summed E-state index contributed by atoms with van der Waals surface area (Å²) in [5.74, 6) is 0.159. The number of carbonyl (C=O) groups excluding carboxylic acids is 1. The number of morpholine rings is 1. The summed E-state index contributed by atoms with van der Waals surface area (Å²) in [7, 11) is 0. The molecule has 4 rings (SSSR count). The van der Waals surface area contributed by atoms with Gasteiger partial charge in [-0.1, -0.05) is 18.9 Å². The smallest absolute Gasteiger partial charge is 0.270 e. The molecule has 0 aromatic carbocycles. The monoisotopic (exact) mass is 330 g/mol. The molecule has 2 unspecified atom stereocenters. The first-order valence-electron chi connectivity index (χ1n) is 8.43. The number of aromatic nitrogens is 1. The van der Waals surface area contributed by atoms with Crippen LogP contribution >= 0.6 is 11.3 Å². The van der Waals surface area contributed by atoms with Gasteiger partial charge in [0.1, 0.15) is 5.69 Å². The van der Waals surface area contributed by atoms with Gasteiger partial charge in [0.05, 0.1) is 25.3 Å². The van der Waals surface area contributed by atoms with E-state index in [0.717, 1.165) is 25.1 Å². The Kier molecular flexibility index (Phi) is 4.23. The zero-order chi connectivity index (χ0) is 15.6. The van der Waals surface area contributed by atoms with Crippen LogP contribution in [0.25, 0.3) is 0 Å². The lowest BCUT2D eigenvalue weighted by Crippen LogP contribution is -2.55. The van der Waals surface area contributed by atoms with Crippen molar-refractivity contribution in [1.82, 2.24) is 9.47 Å². The average Bonchev–Trinajstić information content (AvgIpc) is 3.26. The molecule has 2 fully saturated rings. The minimum absolute atomic E-state index is 0.159. The zero-order valence-corrected chi connectivity index (χ0v) is 14.0. The highest BCUT2D eigenvalue weighted by Crippen LogP contribution is 2.29. The molecule has 4 nitrogen and oxygen atoms in total. The van der Waals surface area contributed by atoms with Crippen molar-refractivity contribution in [3.05, 3.63) is 46.4 Å². The van der Waals surface area contributed by atoms with Gasteiger partial charge in [-0.25, -0.2) is 0 Å². The van der Waals surface area contributed by atoms with Gasteiger partial charge in [0.15, 0.2) is 0 Å². The van der Waals surface area contributed by atoms with Crippen LogP contribution in [0.2, 0.25) is 0 Å². The van der Waals surface area contributed by atoms with Crippen molar-refractivity contribution in [3.63, 3.8) is 0 Å². The molecular weight excluding hydrogens is 308 g/mol. The molecule has 0 bridgehead atoms. The van der Waals surface area contributed by atoms with Crippen LogP contribution in [0.3, 0.4) is 0 Å². The van der Waals surface area contributed by atoms with Crippen molar-refractivity contribution in [1.29, 1.82) is 0 Å². The van der Waals surface area contributed by atoms with E-state index in [1.165, 1.54) is 17.7 Å². The first-order chi connectivity index (χ1) is 11.3. The Morgan fingerprint density at radius 1 is 1.26 bits per heavy atom. The number of rotatable bonds is 3. The van der Waals surface area contributed by atoms with Gasteiger partial charge in [-0.2, -0.15) is 0 Å². The van der Waals surface area contributed by atoms with Crippen LogP contribution in [-0.4, -0.2) is 40.7 Å². The Bertz CT molecular complexity index is 662. The lowest BCUT2D eigenvalue weighted by molar-refractivity contribution is -0.0755. The van der Waals surface area contributed by atoms with Crippen molar-refractivity contribution >= 4 is 17.2 Å². The predicted octanol–water partition coefficient (Wildman–Crippen LogP) is 3.38. The normalized spacial score (nSPS) is 24.4. The summed E-state index contributed by atoms with van der Waals surface area (Å²) >= 11 is 1.73. The fourth-order valence-corrected chi connectivity index (χ4v) is 4.52. The number of nitrogens with zero attached hydrogens (tertiary/aromatic N) is 2. The van der Waals surface area contributed by atoms with Crippen LogP contribution in [0.1, 0.15) is 41.0 Å². The SMILES string of the molecule is O=C(c1cccn1Cc1cccs1)N1CCOC2CCCCC21. The number of amides is 1. The maximum absolute atomic E-state index is 13.1. The molecule has 1 saturated heterocycles. The number of hydrogen-bond acceptors (Lipinski definition) is 3. The summed E-state index contributed by atoms with van der Waals surface area (Å²) in [5, 5.41) is 2.08. The second kappa shape index (κ2) is 6.49. The van der Waals surface area contributed by atoms with E-state index in [2.05, 4.69) is 27.0 Å². The summed E-state index contributed by atoms with van der Waals surface area (Å²) in [6.07, 6.45) is 6.82. The molecule has 0 radical (unpaired) electrons. The lowest BCUT2D eigenvalue weighted by Gasteiger charge is -2.43. The number of ether oxygens (including phenoxy) is 1. The molecule has 1 aliphatic carbocycles. The number of carbonyl (C=O) groups is 1. The van der Waals surface area contributed by atoms with Crippen LogP contribution in [-0.2, 0) is 11.3 Å². The van der Waals surface area contributed by atoms with Crippen LogP contribution in [0.5, 0.6) is 0 Å². The van der Waals surface area contributed by atoms with Crippen molar-refractivity contribution in [3.8, 4) is 0 Å². The van der Waals surface area contributed by atoms with Crippen LogP contribution < -0.4 is 0 Å². The third-order valence-electron chi connectivity index (χ3n) is 4.95. The van der Waals surface area contributed by atoms with Gasteiger partial charge in [-0.15, -0.1) is 11.3 Å². The highest BCUT2D eigenvalue weighted by molar-refractivity contribution is 7.09. The summed E-state index contributed by atoms with van der Waals surface area (Å²) < 4.78 is 7.97. The van der Waals surface area contributed by atoms with E-state index in [4.69, 9.17) is 4.74 Å². The summed E-state index contributed by atoms with van der Waals surface area (Å²) in [5.41, 5.74) is 0.796. The summed E-state index contributed by atoms with van der Waals surface area (Å²) in [4.78, 5) is 16.5. The van der Waals surface area contributed by atoms with Gasteiger partial charge in [0.25, 0.3) is 5.91 Å². The van der Waals surface area contributed by atoms with E-state index in [9.17, 15) is 4.79 Å². The van der Waals surface area contributed by atoms with E-state index in [1.54, 1.807) is 11.3 Å². The van der Waals surface area contributed by atoms with Crippen LogP contribution in [0.4, 0.5) is 0 Å². The van der Waals surface area contributed by atoms with Gasteiger partial charge in [0, 0.05) is 17.6 Å². The first-order valence-corrected chi connectivity index (χ1v) is 9.31. The minimum atomic E-state index is 0.159. The van der Waals surface area contributed by atoms with Gasteiger partial charge in [0.2, 0.25) is 0 Å². The second-order valence-electron chi connectivity index (χ2n) is 6.36. The van der Waals surface area contributed by atoms with E-state index >= 15 is 0 Å². The van der Waals surface area contributed by atoms with E-state index in [0.29, 0.717) is 13.2 Å². The molecule has 2 aromatic rings. The molecule has 3 heterocycles. The molecular formula is C18H22N2O2S. The highest BCUT2D eigenvalue weighted by atomic mass is 32.1. The van der Waals surface area contributed by atoms with E-state index in [-0.39, 0.29) is 18.1 Å². The Morgan fingerprint density at radius 2 is 2.17 bits per heavy atom. The van der Waals surface area contributed by atoms with Crippen molar-refractivity contribution in [2.45, 2.75) is 44.4 Å². The Hall–Kier alpha value is -1.59. The Balaban J connectivity index is 1.55. The first kappa shape index (κ1) is 15.0. The summed E-state index contributed by atoms with van der Waals surface area (Å²) in [6, 6.07) is 8.35. The molecule has 2 atom stereocenters. The molecule has 122 valence electrons. The molecule has 0 N–H and O–H groups in total. The zero-order valence-electron chi connectivity index (χ0n) is 13.2. The average molecular weight is 330 g/mol. The van der Waals surface area contributed by atoms with E-state index < -0.39 is 0 Å². The van der Waals surface area contributed by atoms with E-state index in [1.807, 2.05) is 18.3 Å². The third kappa shape index (κ3) is 2.95. The second-order valence-corrected chi connectivity index (χ2v) is 7.39. The topological polar surface area (TPSA) is 34.5 Å². The fourth-order valence-electron chi connectivity index (χ4n) is 3.81. The molecule has 1 amide bonds. The molecule has 2 aliphatic rings. The maximum atomic E-state index is 13.1. The van der Waals surface area contributed by atoms with Crippen molar-refractivity contribution in [2.75, 3.05) is 13.2 Å². The van der Waals surface area contributed by atoms with Gasteiger partial charge in [-0.05, 0) is 36.4 Å². The molecule has 0 spiro atoms. The summed E-state index contributed by atoms with van der Waals surface area (Å²) in [6.45, 7) is 2.15. The highest BCUT2D eigenvalue weighted by Gasteiger charge is 2.37. The molecule has 23 heavy (non-hydrogen) atoms. The van der Waals surface area contributed by atoms with Crippen LogP contribution in [0.15, 0.2) is 35.8 Å². The quantitative estimate of drug-likeness (QED) is 0.865. The van der Waals surface area contributed by atoms with Crippen molar-refractivity contribution < 1.29 is 9.53 Å². The van der Waals surface area contributed by atoms with Gasteiger partial charge >= 0.3 is 0 Å². The molecule has 2 aromatic heterocycles. The maximum Gasteiger partial charge on any atom is 0.270 e.